The molecule has 0 unspecified atom stereocenters. The van der Waals surface area contributed by atoms with E-state index in [9.17, 15) is 4.79 Å². The Morgan fingerprint density at radius 3 is 2.75 bits per heavy atom. The second kappa shape index (κ2) is 10.9. The van der Waals surface area contributed by atoms with Crippen molar-refractivity contribution in [3.63, 3.8) is 0 Å². The van der Waals surface area contributed by atoms with E-state index in [2.05, 4.69) is 20.5 Å². The van der Waals surface area contributed by atoms with Crippen LogP contribution in [0.5, 0.6) is 0 Å². The minimum atomic E-state index is -0.186. The van der Waals surface area contributed by atoms with Gasteiger partial charge in [0.25, 0.3) is 0 Å². The third-order valence-corrected chi connectivity index (χ3v) is 7.81. The van der Waals surface area contributed by atoms with Gasteiger partial charge in [-0.05, 0) is 48.4 Å². The number of rotatable bonds is 8. The summed E-state index contributed by atoms with van der Waals surface area (Å²) in [5, 5.41) is 13.7. The number of anilines is 1. The van der Waals surface area contributed by atoms with E-state index in [1.807, 2.05) is 54.0 Å². The molecule has 0 fully saturated rings. The summed E-state index contributed by atoms with van der Waals surface area (Å²) in [7, 11) is 0. The van der Waals surface area contributed by atoms with Crippen molar-refractivity contribution in [1.82, 2.24) is 19.7 Å². The van der Waals surface area contributed by atoms with Crippen molar-refractivity contribution < 1.29 is 9.21 Å². The van der Waals surface area contributed by atoms with E-state index in [-0.39, 0.29) is 11.7 Å². The summed E-state index contributed by atoms with van der Waals surface area (Å²) in [5.41, 5.74) is 2.99. The number of amides is 1. The summed E-state index contributed by atoms with van der Waals surface area (Å²) in [6.07, 6.45) is 3.99. The maximum Gasteiger partial charge on any atom is 0.236 e. The highest BCUT2D eigenvalue weighted by Crippen LogP contribution is 2.30. The Labute approximate surface area is 225 Å². The van der Waals surface area contributed by atoms with Gasteiger partial charge in [0, 0.05) is 17.5 Å². The van der Waals surface area contributed by atoms with Crippen LogP contribution >= 0.6 is 46.3 Å². The van der Waals surface area contributed by atoms with Crippen LogP contribution in [0.25, 0.3) is 17.3 Å². The molecular formula is C25H19Cl2N5O2S2. The molecule has 0 spiro atoms. The average molecular weight is 557 g/mol. The van der Waals surface area contributed by atoms with E-state index < -0.39 is 0 Å². The van der Waals surface area contributed by atoms with Gasteiger partial charge in [-0.2, -0.15) is 0 Å². The number of furan rings is 1. The van der Waals surface area contributed by atoms with E-state index in [0.717, 1.165) is 21.7 Å². The van der Waals surface area contributed by atoms with Crippen molar-refractivity contribution in [3.05, 3.63) is 93.1 Å². The van der Waals surface area contributed by atoms with Gasteiger partial charge in [0.15, 0.2) is 16.0 Å². The monoisotopic (exact) mass is 555 g/mol. The number of aryl methyl sites for hydroxylation is 1. The Balaban J connectivity index is 1.27. The van der Waals surface area contributed by atoms with E-state index in [0.29, 0.717) is 38.3 Å². The molecule has 1 amide bonds. The molecule has 0 atom stereocenters. The fourth-order valence-electron chi connectivity index (χ4n) is 3.54. The summed E-state index contributed by atoms with van der Waals surface area (Å²) < 4.78 is 7.47. The smallest absolute Gasteiger partial charge is 0.236 e. The maximum atomic E-state index is 12.7. The number of thioether (sulfide) groups is 1. The minimum Gasteiger partial charge on any atom is -0.461 e. The summed E-state index contributed by atoms with van der Waals surface area (Å²) in [6, 6.07) is 17.1. The molecule has 0 bridgehead atoms. The van der Waals surface area contributed by atoms with Crippen molar-refractivity contribution in [2.75, 3.05) is 11.1 Å². The number of nitrogens with zero attached hydrogens (tertiary/aromatic N) is 4. The van der Waals surface area contributed by atoms with Crippen LogP contribution < -0.4 is 5.32 Å². The van der Waals surface area contributed by atoms with Crippen LogP contribution in [0.1, 0.15) is 16.0 Å². The molecule has 5 rings (SSSR count). The number of benzene rings is 2. The summed E-state index contributed by atoms with van der Waals surface area (Å²) in [4.78, 5) is 18.0. The first-order valence-corrected chi connectivity index (χ1v) is 13.4. The van der Waals surface area contributed by atoms with Crippen LogP contribution in [-0.4, -0.2) is 31.4 Å². The molecule has 11 heteroatoms. The topological polar surface area (TPSA) is 85.8 Å². The zero-order chi connectivity index (χ0) is 25.1. The number of nitrogens with one attached hydrogen (secondary N) is 1. The Morgan fingerprint density at radius 1 is 1.11 bits per heavy atom. The standard InChI is InChI=1S/C25H19Cl2N5O2S2/c1-15-5-2-3-6-20(15)32-23(21-7-4-10-34-21)30-31-25(32)35-14-22(33)29-24-28-13-17(36-24)11-16-8-9-18(26)19(27)12-16/h2-10,12-13H,11,14H2,1H3,(H,28,29,33). The molecule has 1 N–H and O–H groups in total. The van der Waals surface area contributed by atoms with Crippen LogP contribution in [0.3, 0.4) is 0 Å². The second-order valence-corrected chi connectivity index (χ2v) is 10.7. The van der Waals surface area contributed by atoms with Gasteiger partial charge in [0.05, 0.1) is 27.7 Å². The number of aromatic nitrogens is 4. The van der Waals surface area contributed by atoms with Crippen molar-refractivity contribution in [2.45, 2.75) is 18.5 Å². The normalized spacial score (nSPS) is 11.1. The van der Waals surface area contributed by atoms with Gasteiger partial charge in [0.1, 0.15) is 0 Å². The van der Waals surface area contributed by atoms with Gasteiger partial charge >= 0.3 is 0 Å². The third kappa shape index (κ3) is 5.49. The Hall–Kier alpha value is -3.11. The van der Waals surface area contributed by atoms with Gasteiger partial charge in [-0.25, -0.2) is 4.98 Å². The molecule has 0 aliphatic carbocycles. The molecule has 5 aromatic rings. The molecule has 0 radical (unpaired) electrons. The lowest BCUT2D eigenvalue weighted by molar-refractivity contribution is -0.113. The van der Waals surface area contributed by atoms with Gasteiger partial charge < -0.3 is 9.73 Å². The summed E-state index contributed by atoms with van der Waals surface area (Å²) in [6.45, 7) is 2.01. The first kappa shape index (κ1) is 24.6. The van der Waals surface area contributed by atoms with E-state index in [4.69, 9.17) is 27.6 Å². The first-order chi connectivity index (χ1) is 17.5. The molecule has 0 aliphatic heterocycles. The summed E-state index contributed by atoms with van der Waals surface area (Å²) >= 11 is 14.8. The number of para-hydroxylation sites is 1. The molecule has 7 nitrogen and oxygen atoms in total. The van der Waals surface area contributed by atoms with Crippen LogP contribution in [0.4, 0.5) is 5.13 Å². The lowest BCUT2D eigenvalue weighted by Crippen LogP contribution is -2.14. The van der Waals surface area contributed by atoms with Gasteiger partial charge in [-0.1, -0.05) is 59.2 Å². The van der Waals surface area contributed by atoms with E-state index in [1.54, 1.807) is 24.6 Å². The molecule has 0 saturated heterocycles. The zero-order valence-corrected chi connectivity index (χ0v) is 22.1. The second-order valence-electron chi connectivity index (χ2n) is 7.80. The number of carbonyl (C=O) groups excluding carboxylic acids is 1. The quantitative estimate of drug-likeness (QED) is 0.209. The van der Waals surface area contributed by atoms with Gasteiger partial charge in [-0.15, -0.1) is 21.5 Å². The molecule has 3 aromatic heterocycles. The highest BCUT2D eigenvalue weighted by atomic mass is 35.5. The maximum absolute atomic E-state index is 12.7. The molecular weight excluding hydrogens is 537 g/mol. The predicted octanol–water partition coefficient (Wildman–Crippen LogP) is 6.92. The van der Waals surface area contributed by atoms with E-state index >= 15 is 0 Å². The van der Waals surface area contributed by atoms with Crippen molar-refractivity contribution >= 4 is 57.3 Å². The predicted molar refractivity (Wildman–Crippen MR) is 145 cm³/mol. The lowest BCUT2D eigenvalue weighted by atomic mass is 10.1. The van der Waals surface area contributed by atoms with Crippen molar-refractivity contribution in [3.8, 4) is 17.3 Å². The lowest BCUT2D eigenvalue weighted by Gasteiger charge is -2.11. The van der Waals surface area contributed by atoms with Gasteiger partial charge in [-0.3, -0.25) is 9.36 Å². The Kier molecular flexibility index (Phi) is 7.43. The molecule has 182 valence electrons. The molecule has 2 aromatic carbocycles. The average Bonchev–Trinajstić information content (AvgIpc) is 3.62. The molecule has 36 heavy (non-hydrogen) atoms. The Morgan fingerprint density at radius 2 is 1.97 bits per heavy atom. The number of hydrogen-bond acceptors (Lipinski definition) is 7. The van der Waals surface area contributed by atoms with E-state index in [1.165, 1.54) is 23.1 Å². The van der Waals surface area contributed by atoms with Crippen molar-refractivity contribution in [1.29, 1.82) is 0 Å². The van der Waals surface area contributed by atoms with Crippen LogP contribution in [-0.2, 0) is 11.2 Å². The molecule has 0 saturated carbocycles. The number of carbonyl (C=O) groups is 1. The highest BCUT2D eigenvalue weighted by molar-refractivity contribution is 7.99. The molecule has 3 heterocycles. The third-order valence-electron chi connectivity index (χ3n) is 5.23. The summed E-state index contributed by atoms with van der Waals surface area (Å²) in [5.74, 6) is 1.13. The minimum absolute atomic E-state index is 0.143. The number of hydrogen-bond donors (Lipinski definition) is 1. The SMILES string of the molecule is Cc1ccccc1-n1c(SCC(=O)Nc2ncc(Cc3ccc(Cl)c(Cl)c3)s2)nnc1-c1ccco1. The fraction of sp³-hybridized carbons (Fsp3) is 0.120. The fourth-order valence-corrected chi connectivity index (χ4v) is 5.47. The van der Waals surface area contributed by atoms with Crippen molar-refractivity contribution in [2.24, 2.45) is 0 Å². The van der Waals surface area contributed by atoms with Gasteiger partial charge in [0.2, 0.25) is 11.7 Å². The number of thiazole rings is 1. The zero-order valence-electron chi connectivity index (χ0n) is 18.9. The van der Waals surface area contributed by atoms with Crippen LogP contribution in [0.15, 0.2) is 76.6 Å². The van der Waals surface area contributed by atoms with Crippen LogP contribution in [0.2, 0.25) is 10.0 Å². The first-order valence-electron chi connectivity index (χ1n) is 10.8. The largest absolute Gasteiger partial charge is 0.461 e. The van der Waals surface area contributed by atoms with Crippen LogP contribution in [0, 0.1) is 6.92 Å². The number of halogens is 2. The molecule has 0 aliphatic rings. The highest BCUT2D eigenvalue weighted by Gasteiger charge is 2.20. The Bertz CT molecular complexity index is 1510.